The monoisotopic (exact) mass is 432 g/mol. The van der Waals surface area contributed by atoms with Gasteiger partial charge in [-0.2, -0.15) is 5.10 Å². The van der Waals surface area contributed by atoms with Crippen LogP contribution in [0.4, 0.5) is 0 Å². The molecule has 6 aromatic rings. The number of aromatic nitrogens is 4. The molecule has 0 saturated heterocycles. The van der Waals surface area contributed by atoms with Gasteiger partial charge in [0.15, 0.2) is 5.82 Å². The molecule has 0 saturated carbocycles. The molecule has 0 amide bonds. The first kappa shape index (κ1) is 19.0. The van der Waals surface area contributed by atoms with Crippen molar-refractivity contribution in [2.75, 3.05) is 0 Å². The van der Waals surface area contributed by atoms with E-state index in [-0.39, 0.29) is 0 Å². The van der Waals surface area contributed by atoms with Gasteiger partial charge in [-0.15, -0.1) is 7.53 Å². The molecular weight excluding hydrogens is 411 g/mol. The Balaban J connectivity index is 1.66. The smallest absolute Gasteiger partial charge is 0.161 e. The van der Waals surface area contributed by atoms with Gasteiger partial charge >= 0.3 is 0 Å². The minimum Gasteiger partial charge on any atom is -0.282 e. The Hall–Kier alpha value is -3.75. The molecule has 32 heavy (non-hydrogen) atoms. The predicted molar refractivity (Wildman–Crippen MR) is 134 cm³/mol. The summed E-state index contributed by atoms with van der Waals surface area (Å²) < 4.78 is 0. The standard InChI is InChI=1S/C27H21N4P/c1-17-15-24(31-30-17)23-16-22(18-9-4-3-5-10-18)28-27(29-23)21-13-8-12-20-19-11-6-7-14-25(19)32(2)26(20)21/h3-16H,1-2H3,(H,30,31). The highest BCUT2D eigenvalue weighted by Crippen LogP contribution is 2.50. The molecule has 0 aliphatic rings. The second-order valence-corrected chi connectivity index (χ2v) is 10.1. The molecule has 1 atom stereocenters. The predicted octanol–water partition coefficient (Wildman–Crippen LogP) is 7.34. The Morgan fingerprint density at radius 1 is 0.719 bits per heavy atom. The van der Waals surface area contributed by atoms with Gasteiger partial charge < -0.3 is 0 Å². The average molecular weight is 432 g/mol. The van der Waals surface area contributed by atoms with Gasteiger partial charge in [-0.3, -0.25) is 5.10 Å². The first-order chi connectivity index (χ1) is 15.7. The number of rotatable bonds is 3. The maximum Gasteiger partial charge on any atom is 0.161 e. The molecule has 5 heteroatoms. The highest BCUT2D eigenvalue weighted by Gasteiger charge is 2.17. The van der Waals surface area contributed by atoms with E-state index >= 15 is 0 Å². The zero-order valence-electron chi connectivity index (χ0n) is 17.9. The molecule has 1 N–H and O–H groups in total. The van der Waals surface area contributed by atoms with E-state index in [9.17, 15) is 0 Å². The van der Waals surface area contributed by atoms with Gasteiger partial charge in [-0.1, -0.05) is 72.8 Å². The van der Waals surface area contributed by atoms with Crippen LogP contribution in [0, 0.1) is 6.92 Å². The molecule has 0 aliphatic heterocycles. The summed E-state index contributed by atoms with van der Waals surface area (Å²) in [5.74, 6) is 0.751. The third-order valence-electron chi connectivity index (χ3n) is 5.93. The summed E-state index contributed by atoms with van der Waals surface area (Å²) in [6.07, 6.45) is 0. The summed E-state index contributed by atoms with van der Waals surface area (Å²) in [5, 5.41) is 12.9. The highest BCUT2D eigenvalue weighted by molar-refractivity contribution is 7.60. The van der Waals surface area contributed by atoms with Crippen molar-refractivity contribution in [2.24, 2.45) is 6.66 Å². The molecular formula is C27H21N4P. The van der Waals surface area contributed by atoms with E-state index in [4.69, 9.17) is 9.97 Å². The lowest BCUT2D eigenvalue weighted by Gasteiger charge is -2.09. The molecule has 0 spiro atoms. The second-order valence-electron chi connectivity index (χ2n) is 8.04. The largest absolute Gasteiger partial charge is 0.282 e. The summed E-state index contributed by atoms with van der Waals surface area (Å²) in [7, 11) is -0.467. The van der Waals surface area contributed by atoms with Gasteiger partial charge in [0.1, 0.15) is 5.69 Å². The molecule has 3 aromatic heterocycles. The molecule has 0 radical (unpaired) electrons. The maximum absolute atomic E-state index is 5.04. The third kappa shape index (κ3) is 3.04. The van der Waals surface area contributed by atoms with E-state index in [1.165, 1.54) is 21.0 Å². The first-order valence-corrected chi connectivity index (χ1v) is 12.4. The lowest BCUT2D eigenvalue weighted by Crippen LogP contribution is -1.96. The molecule has 0 bridgehead atoms. The van der Waals surface area contributed by atoms with Crippen LogP contribution < -0.4 is 0 Å². The second kappa shape index (κ2) is 7.44. The first-order valence-electron chi connectivity index (χ1n) is 10.6. The normalized spacial score (nSPS) is 12.0. The average Bonchev–Trinajstić information content (AvgIpc) is 3.41. The fourth-order valence-corrected chi connectivity index (χ4v) is 6.62. The number of aryl methyl sites for hydroxylation is 2. The van der Waals surface area contributed by atoms with Gasteiger partial charge in [0.25, 0.3) is 0 Å². The van der Waals surface area contributed by atoms with Crippen molar-refractivity contribution in [3.8, 4) is 34.0 Å². The molecule has 3 aromatic carbocycles. The van der Waals surface area contributed by atoms with Crippen LogP contribution in [-0.2, 0) is 6.66 Å². The Morgan fingerprint density at radius 3 is 2.28 bits per heavy atom. The highest BCUT2D eigenvalue weighted by atomic mass is 31.1. The van der Waals surface area contributed by atoms with E-state index in [2.05, 4.69) is 71.5 Å². The van der Waals surface area contributed by atoms with Crippen molar-refractivity contribution >= 4 is 28.5 Å². The van der Waals surface area contributed by atoms with Crippen LogP contribution in [0.3, 0.4) is 0 Å². The minimum atomic E-state index is -0.467. The Kier molecular flexibility index (Phi) is 4.41. The SMILES string of the molecule is Cc1cc(-c2cc(-c3ccccc3)nc(-c3cccc4c5ccccc5p(C)c34)n2)n[nH]1. The number of hydrogen-bond acceptors (Lipinski definition) is 3. The summed E-state index contributed by atoms with van der Waals surface area (Å²) in [6.45, 7) is 4.34. The van der Waals surface area contributed by atoms with Crippen molar-refractivity contribution in [1.29, 1.82) is 0 Å². The van der Waals surface area contributed by atoms with Crippen LogP contribution in [0.1, 0.15) is 5.69 Å². The van der Waals surface area contributed by atoms with E-state index in [0.717, 1.165) is 39.7 Å². The molecule has 0 aliphatic carbocycles. The molecule has 154 valence electrons. The molecule has 3 heterocycles. The zero-order chi connectivity index (χ0) is 21.7. The quantitative estimate of drug-likeness (QED) is 0.318. The van der Waals surface area contributed by atoms with Crippen molar-refractivity contribution < 1.29 is 0 Å². The minimum absolute atomic E-state index is 0.467. The van der Waals surface area contributed by atoms with Gasteiger partial charge in [-0.25, -0.2) is 9.97 Å². The maximum atomic E-state index is 5.04. The lowest BCUT2D eigenvalue weighted by atomic mass is 10.1. The topological polar surface area (TPSA) is 54.5 Å². The summed E-state index contributed by atoms with van der Waals surface area (Å²) in [4.78, 5) is 10.0. The van der Waals surface area contributed by atoms with Gasteiger partial charge in [0.2, 0.25) is 0 Å². The molecule has 1 unspecified atom stereocenters. The van der Waals surface area contributed by atoms with Crippen LogP contribution >= 0.6 is 7.53 Å². The number of nitrogens with zero attached hydrogens (tertiary/aromatic N) is 3. The lowest BCUT2D eigenvalue weighted by molar-refractivity contribution is 1.04. The van der Waals surface area contributed by atoms with Crippen LogP contribution in [0.2, 0.25) is 0 Å². The summed E-state index contributed by atoms with van der Waals surface area (Å²) in [5.41, 5.74) is 5.75. The van der Waals surface area contributed by atoms with Crippen molar-refractivity contribution in [1.82, 2.24) is 20.2 Å². The van der Waals surface area contributed by atoms with Crippen LogP contribution in [0.15, 0.2) is 84.9 Å². The molecule has 4 nitrogen and oxygen atoms in total. The number of hydrogen-bond donors (Lipinski definition) is 1. The summed E-state index contributed by atoms with van der Waals surface area (Å²) >= 11 is 0. The van der Waals surface area contributed by atoms with Crippen LogP contribution in [-0.4, -0.2) is 20.2 Å². The Morgan fingerprint density at radius 2 is 1.47 bits per heavy atom. The molecule has 0 fully saturated rings. The van der Waals surface area contributed by atoms with Crippen LogP contribution in [0.25, 0.3) is 55.0 Å². The van der Waals surface area contributed by atoms with Crippen molar-refractivity contribution in [2.45, 2.75) is 6.92 Å². The van der Waals surface area contributed by atoms with Gasteiger partial charge in [0.05, 0.1) is 11.4 Å². The number of nitrogens with one attached hydrogen (secondary N) is 1. The third-order valence-corrected chi connectivity index (χ3v) is 8.20. The van der Waals surface area contributed by atoms with E-state index in [1.54, 1.807) is 0 Å². The Labute approximate surface area is 187 Å². The van der Waals surface area contributed by atoms with E-state index in [0.29, 0.717) is 0 Å². The number of fused-ring (bicyclic) bond motifs is 3. The van der Waals surface area contributed by atoms with Crippen LogP contribution in [0.5, 0.6) is 0 Å². The fourth-order valence-electron chi connectivity index (χ4n) is 4.42. The van der Waals surface area contributed by atoms with E-state index in [1.807, 2.05) is 37.3 Å². The van der Waals surface area contributed by atoms with Crippen molar-refractivity contribution in [3.63, 3.8) is 0 Å². The van der Waals surface area contributed by atoms with E-state index < -0.39 is 7.53 Å². The van der Waals surface area contributed by atoms with Crippen molar-refractivity contribution in [3.05, 3.63) is 90.6 Å². The fraction of sp³-hybridized carbons (Fsp3) is 0.0741. The zero-order valence-corrected chi connectivity index (χ0v) is 18.8. The number of aromatic amines is 1. The molecule has 6 rings (SSSR count). The Bertz CT molecular complexity index is 1600. The van der Waals surface area contributed by atoms with Gasteiger partial charge in [-0.05, 0) is 36.5 Å². The van der Waals surface area contributed by atoms with Gasteiger partial charge in [0, 0.05) is 27.1 Å². The summed E-state index contributed by atoms with van der Waals surface area (Å²) in [6, 6.07) is 29.6. The number of benzene rings is 3. The number of H-pyrrole nitrogens is 1.